The summed E-state index contributed by atoms with van der Waals surface area (Å²) in [5.74, 6) is -0.932. The molecule has 16 heavy (non-hydrogen) atoms. The van der Waals surface area contributed by atoms with Gasteiger partial charge in [-0.25, -0.2) is 14.4 Å². The topological polar surface area (TPSA) is 75.1 Å². The number of aliphatic carboxylic acids is 1. The van der Waals surface area contributed by atoms with E-state index in [9.17, 15) is 9.18 Å². The summed E-state index contributed by atoms with van der Waals surface area (Å²) in [6.45, 7) is 1.90. The van der Waals surface area contributed by atoms with Gasteiger partial charge in [-0.3, -0.25) is 4.79 Å². The Morgan fingerprint density at radius 3 is 2.75 bits per heavy atom. The lowest BCUT2D eigenvalue weighted by molar-refractivity contribution is -0.137. The Balaban J connectivity index is 2.31. The van der Waals surface area contributed by atoms with Crippen molar-refractivity contribution in [2.75, 3.05) is 5.32 Å². The second-order valence-corrected chi connectivity index (χ2v) is 3.56. The molecule has 0 aliphatic rings. The maximum Gasteiger partial charge on any atom is 0.303 e. The van der Waals surface area contributed by atoms with Crippen molar-refractivity contribution < 1.29 is 14.3 Å². The molecule has 5 nitrogen and oxygen atoms in total. The fraction of sp³-hybridized carbons (Fsp3) is 0.500. The third-order valence-electron chi connectivity index (χ3n) is 2.02. The molecule has 0 saturated heterocycles. The number of carbonyl (C=O) groups is 1. The van der Waals surface area contributed by atoms with Crippen LogP contribution in [0.25, 0.3) is 0 Å². The first-order valence-electron chi connectivity index (χ1n) is 5.04. The van der Waals surface area contributed by atoms with Crippen molar-refractivity contribution in [2.24, 2.45) is 0 Å². The first kappa shape index (κ1) is 12.4. The Bertz CT molecular complexity index is 342. The van der Waals surface area contributed by atoms with Crippen LogP contribution in [0.2, 0.25) is 0 Å². The van der Waals surface area contributed by atoms with E-state index in [0.717, 1.165) is 12.4 Å². The molecule has 0 radical (unpaired) electrons. The Morgan fingerprint density at radius 2 is 2.19 bits per heavy atom. The third-order valence-corrected chi connectivity index (χ3v) is 2.02. The number of halogens is 1. The van der Waals surface area contributed by atoms with E-state index in [0.29, 0.717) is 18.8 Å². The van der Waals surface area contributed by atoms with Gasteiger partial charge in [-0.05, 0) is 19.8 Å². The lowest BCUT2D eigenvalue weighted by atomic mass is 10.1. The average molecular weight is 227 g/mol. The monoisotopic (exact) mass is 227 g/mol. The standard InChI is InChI=1S/C10H14FN3O2/c1-7(3-2-4-9(15)16)14-10-12-5-8(11)6-13-10/h5-7H,2-4H2,1H3,(H,15,16)(H,12,13,14). The highest BCUT2D eigenvalue weighted by Gasteiger charge is 2.05. The zero-order valence-corrected chi connectivity index (χ0v) is 8.98. The van der Waals surface area contributed by atoms with E-state index in [1.165, 1.54) is 0 Å². The quantitative estimate of drug-likeness (QED) is 0.773. The number of aromatic nitrogens is 2. The molecule has 88 valence electrons. The number of hydrogen-bond acceptors (Lipinski definition) is 4. The molecular formula is C10H14FN3O2. The van der Waals surface area contributed by atoms with E-state index in [-0.39, 0.29) is 12.5 Å². The first-order valence-corrected chi connectivity index (χ1v) is 5.04. The van der Waals surface area contributed by atoms with Crippen molar-refractivity contribution in [3.63, 3.8) is 0 Å². The molecule has 0 bridgehead atoms. The van der Waals surface area contributed by atoms with Gasteiger partial charge in [-0.15, -0.1) is 0 Å². The summed E-state index contributed by atoms with van der Waals surface area (Å²) in [6.07, 6.45) is 3.60. The minimum absolute atomic E-state index is 0.0600. The highest BCUT2D eigenvalue weighted by molar-refractivity contribution is 5.66. The van der Waals surface area contributed by atoms with Crippen LogP contribution in [0.1, 0.15) is 26.2 Å². The molecule has 6 heteroatoms. The van der Waals surface area contributed by atoms with Crippen LogP contribution in [0.4, 0.5) is 10.3 Å². The number of hydrogen-bond donors (Lipinski definition) is 2. The summed E-state index contributed by atoms with van der Waals surface area (Å²) in [4.78, 5) is 17.8. The van der Waals surface area contributed by atoms with Gasteiger partial charge in [0.15, 0.2) is 5.82 Å². The van der Waals surface area contributed by atoms with Crippen molar-refractivity contribution in [1.82, 2.24) is 9.97 Å². The van der Waals surface area contributed by atoms with E-state index in [2.05, 4.69) is 15.3 Å². The Hall–Kier alpha value is -1.72. The molecule has 1 unspecified atom stereocenters. The summed E-state index contributed by atoms with van der Waals surface area (Å²) < 4.78 is 12.5. The zero-order chi connectivity index (χ0) is 12.0. The van der Waals surface area contributed by atoms with Gasteiger partial charge in [0.05, 0.1) is 12.4 Å². The molecule has 0 aliphatic carbocycles. The van der Waals surface area contributed by atoms with Gasteiger partial charge < -0.3 is 10.4 Å². The van der Waals surface area contributed by atoms with Crippen LogP contribution >= 0.6 is 0 Å². The Labute approximate surface area is 92.7 Å². The van der Waals surface area contributed by atoms with Gasteiger partial charge in [0.1, 0.15) is 0 Å². The van der Waals surface area contributed by atoms with E-state index in [4.69, 9.17) is 5.11 Å². The van der Waals surface area contributed by atoms with Gasteiger partial charge in [0, 0.05) is 12.5 Å². The summed E-state index contributed by atoms with van der Waals surface area (Å²) in [7, 11) is 0. The van der Waals surface area contributed by atoms with Gasteiger partial charge in [-0.1, -0.05) is 0 Å². The number of rotatable bonds is 6. The van der Waals surface area contributed by atoms with E-state index in [1.54, 1.807) is 0 Å². The molecule has 2 N–H and O–H groups in total. The molecule has 0 amide bonds. The highest BCUT2D eigenvalue weighted by Crippen LogP contribution is 2.06. The van der Waals surface area contributed by atoms with Crippen LogP contribution in [-0.4, -0.2) is 27.1 Å². The summed E-state index contributed by atoms with van der Waals surface area (Å²) in [5, 5.41) is 11.4. The van der Waals surface area contributed by atoms with Crippen molar-refractivity contribution in [1.29, 1.82) is 0 Å². The molecule has 0 aliphatic heterocycles. The molecule has 1 rings (SSSR count). The minimum Gasteiger partial charge on any atom is -0.481 e. The van der Waals surface area contributed by atoms with Crippen molar-refractivity contribution in [2.45, 2.75) is 32.2 Å². The lowest BCUT2D eigenvalue weighted by Gasteiger charge is -2.12. The van der Waals surface area contributed by atoms with Crippen molar-refractivity contribution >= 4 is 11.9 Å². The molecule has 0 spiro atoms. The van der Waals surface area contributed by atoms with Gasteiger partial charge >= 0.3 is 5.97 Å². The van der Waals surface area contributed by atoms with Gasteiger partial charge in [0.2, 0.25) is 5.95 Å². The van der Waals surface area contributed by atoms with Gasteiger partial charge in [0.25, 0.3) is 0 Å². The number of carboxylic acids is 1. The summed E-state index contributed by atoms with van der Waals surface area (Å²) >= 11 is 0. The second-order valence-electron chi connectivity index (χ2n) is 3.56. The van der Waals surface area contributed by atoms with E-state index < -0.39 is 11.8 Å². The van der Waals surface area contributed by atoms with Crippen LogP contribution in [0, 0.1) is 5.82 Å². The van der Waals surface area contributed by atoms with Gasteiger partial charge in [-0.2, -0.15) is 0 Å². The largest absolute Gasteiger partial charge is 0.481 e. The highest BCUT2D eigenvalue weighted by atomic mass is 19.1. The van der Waals surface area contributed by atoms with Crippen LogP contribution in [0.5, 0.6) is 0 Å². The molecule has 1 heterocycles. The molecular weight excluding hydrogens is 213 g/mol. The summed E-state index contributed by atoms with van der Waals surface area (Å²) in [5.41, 5.74) is 0. The number of nitrogens with one attached hydrogen (secondary N) is 1. The fourth-order valence-electron chi connectivity index (χ4n) is 1.24. The Kier molecular flexibility index (Phi) is 4.63. The number of nitrogens with zero attached hydrogens (tertiary/aromatic N) is 2. The van der Waals surface area contributed by atoms with Crippen LogP contribution in [0.15, 0.2) is 12.4 Å². The first-order chi connectivity index (χ1) is 7.58. The number of carboxylic acid groups (broad SMARTS) is 1. The number of anilines is 1. The zero-order valence-electron chi connectivity index (χ0n) is 8.98. The third kappa shape index (κ3) is 4.68. The van der Waals surface area contributed by atoms with Crippen LogP contribution in [0.3, 0.4) is 0 Å². The average Bonchev–Trinajstić information content (AvgIpc) is 2.21. The van der Waals surface area contributed by atoms with Crippen LogP contribution < -0.4 is 5.32 Å². The maximum absolute atomic E-state index is 12.5. The molecule has 1 atom stereocenters. The summed E-state index contributed by atoms with van der Waals surface area (Å²) in [6, 6.07) is 0.0600. The SMILES string of the molecule is CC(CCCC(=O)O)Nc1ncc(F)cn1. The van der Waals surface area contributed by atoms with Crippen LogP contribution in [-0.2, 0) is 4.79 Å². The molecule has 0 fully saturated rings. The lowest BCUT2D eigenvalue weighted by Crippen LogP contribution is -2.17. The second kappa shape index (κ2) is 5.99. The molecule has 0 aromatic carbocycles. The molecule has 0 saturated carbocycles. The van der Waals surface area contributed by atoms with Crippen molar-refractivity contribution in [3.8, 4) is 0 Å². The van der Waals surface area contributed by atoms with Crippen molar-refractivity contribution in [3.05, 3.63) is 18.2 Å². The predicted octanol–water partition coefficient (Wildman–Crippen LogP) is 1.67. The molecule has 1 aromatic heterocycles. The van der Waals surface area contributed by atoms with E-state index >= 15 is 0 Å². The predicted molar refractivity (Wildman–Crippen MR) is 56.6 cm³/mol. The smallest absolute Gasteiger partial charge is 0.303 e. The fourth-order valence-corrected chi connectivity index (χ4v) is 1.24. The normalized spacial score (nSPS) is 12.1. The maximum atomic E-state index is 12.5. The van der Waals surface area contributed by atoms with E-state index in [1.807, 2.05) is 6.92 Å². The Morgan fingerprint density at radius 1 is 1.56 bits per heavy atom. The minimum atomic E-state index is -0.801. The molecule has 1 aromatic rings.